The molecule has 0 unspecified atom stereocenters. The third-order valence-corrected chi connectivity index (χ3v) is 4.45. The Kier molecular flexibility index (Phi) is 3.48. The molecule has 1 amide bonds. The predicted molar refractivity (Wildman–Crippen MR) is 66.6 cm³/mol. The molecule has 7 nitrogen and oxygen atoms in total. The highest BCUT2D eigenvalue weighted by Crippen LogP contribution is 2.16. The highest BCUT2D eigenvalue weighted by atomic mass is 32.2. The van der Waals surface area contributed by atoms with Gasteiger partial charge < -0.3 is 10.3 Å². The van der Waals surface area contributed by atoms with Gasteiger partial charge in [-0.2, -0.15) is 0 Å². The lowest BCUT2D eigenvalue weighted by atomic mass is 10.2. The van der Waals surface area contributed by atoms with Gasteiger partial charge in [-0.15, -0.1) is 0 Å². The number of hydrogen-bond donors (Lipinski definition) is 2. The fourth-order valence-electron chi connectivity index (χ4n) is 1.78. The van der Waals surface area contributed by atoms with Crippen LogP contribution in [0.15, 0.2) is 18.5 Å². The van der Waals surface area contributed by atoms with Crippen molar-refractivity contribution in [3.63, 3.8) is 0 Å². The third-order valence-electron chi connectivity index (χ3n) is 2.84. The molecule has 0 radical (unpaired) electrons. The van der Waals surface area contributed by atoms with Gasteiger partial charge in [-0.25, -0.2) is 8.42 Å². The quantitative estimate of drug-likeness (QED) is 0.540. The van der Waals surface area contributed by atoms with Gasteiger partial charge in [-0.05, 0) is 6.07 Å². The molecule has 1 aromatic rings. The van der Waals surface area contributed by atoms with E-state index in [0.717, 1.165) is 0 Å². The van der Waals surface area contributed by atoms with Crippen molar-refractivity contribution in [3.8, 4) is 0 Å². The smallest absolute Gasteiger partial charge is 0.256 e. The van der Waals surface area contributed by atoms with Crippen molar-refractivity contribution in [1.82, 2.24) is 9.88 Å². The summed E-state index contributed by atoms with van der Waals surface area (Å²) in [5.74, 6) is 5.09. The zero-order valence-corrected chi connectivity index (χ0v) is 10.5. The molecule has 0 saturated carbocycles. The summed E-state index contributed by atoms with van der Waals surface area (Å²) in [5, 5.41) is 0. The molecule has 2 rings (SSSR count). The number of amides is 1. The zero-order valence-electron chi connectivity index (χ0n) is 9.67. The van der Waals surface area contributed by atoms with E-state index >= 15 is 0 Å². The maximum atomic E-state index is 12.2. The largest absolute Gasteiger partial charge is 0.337 e. The molecule has 0 bridgehead atoms. The van der Waals surface area contributed by atoms with Crippen LogP contribution < -0.4 is 11.3 Å². The average Bonchev–Trinajstić information content (AvgIpc) is 2.38. The van der Waals surface area contributed by atoms with Gasteiger partial charge in [0.15, 0.2) is 9.84 Å². The minimum atomic E-state index is -2.99. The molecule has 18 heavy (non-hydrogen) atoms. The van der Waals surface area contributed by atoms with Crippen molar-refractivity contribution in [1.29, 1.82) is 0 Å². The van der Waals surface area contributed by atoms with Crippen molar-refractivity contribution in [2.75, 3.05) is 30.0 Å². The second-order valence-corrected chi connectivity index (χ2v) is 6.31. The number of rotatable bonds is 2. The van der Waals surface area contributed by atoms with Gasteiger partial charge in [-0.3, -0.25) is 15.6 Å². The van der Waals surface area contributed by atoms with E-state index in [-0.39, 0.29) is 30.5 Å². The minimum Gasteiger partial charge on any atom is -0.337 e. The van der Waals surface area contributed by atoms with Gasteiger partial charge in [-0.1, -0.05) is 0 Å². The fourth-order valence-corrected chi connectivity index (χ4v) is 2.98. The summed E-state index contributed by atoms with van der Waals surface area (Å²) in [5.41, 5.74) is 3.23. The maximum Gasteiger partial charge on any atom is 0.256 e. The zero-order chi connectivity index (χ0) is 13.2. The Morgan fingerprint density at radius 1 is 1.39 bits per heavy atom. The van der Waals surface area contributed by atoms with E-state index < -0.39 is 9.84 Å². The molecule has 3 N–H and O–H groups in total. The van der Waals surface area contributed by atoms with E-state index in [1.807, 2.05) is 0 Å². The van der Waals surface area contributed by atoms with Crippen LogP contribution in [0.5, 0.6) is 0 Å². The molecule has 98 valence electrons. The number of aromatic nitrogens is 1. The number of nitrogen functional groups attached to an aromatic ring is 1. The SMILES string of the molecule is NNc1cnccc1C(=O)N1CCS(=O)(=O)CC1. The fraction of sp³-hybridized carbons (Fsp3) is 0.400. The standard InChI is InChI=1S/C10H14N4O3S/c11-13-9-7-12-2-1-8(9)10(15)14-3-5-18(16,17)6-4-14/h1-2,7,13H,3-6,11H2. The summed E-state index contributed by atoms with van der Waals surface area (Å²) in [6, 6.07) is 1.56. The van der Waals surface area contributed by atoms with Crippen molar-refractivity contribution in [3.05, 3.63) is 24.0 Å². The van der Waals surface area contributed by atoms with Crippen LogP contribution in [0.3, 0.4) is 0 Å². The van der Waals surface area contributed by atoms with Gasteiger partial charge in [0.1, 0.15) is 0 Å². The molecule has 1 fully saturated rings. The van der Waals surface area contributed by atoms with Gasteiger partial charge >= 0.3 is 0 Å². The predicted octanol–water partition coefficient (Wildman–Crippen LogP) is -0.762. The number of carbonyl (C=O) groups is 1. The molecule has 0 spiro atoms. The highest BCUT2D eigenvalue weighted by molar-refractivity contribution is 7.91. The Labute approximate surface area is 105 Å². The molecule has 0 aliphatic carbocycles. The molecule has 1 saturated heterocycles. The summed E-state index contributed by atoms with van der Waals surface area (Å²) in [7, 11) is -2.99. The van der Waals surface area contributed by atoms with Crippen LogP contribution in [0.25, 0.3) is 0 Å². The minimum absolute atomic E-state index is 0.00914. The van der Waals surface area contributed by atoms with Gasteiger partial charge in [0.2, 0.25) is 0 Å². The van der Waals surface area contributed by atoms with Crippen molar-refractivity contribution < 1.29 is 13.2 Å². The van der Waals surface area contributed by atoms with E-state index in [9.17, 15) is 13.2 Å². The number of sulfone groups is 1. The van der Waals surface area contributed by atoms with Crippen LogP contribution in [-0.2, 0) is 9.84 Å². The summed E-state index contributed by atoms with van der Waals surface area (Å²) in [6.45, 7) is 0.432. The monoisotopic (exact) mass is 270 g/mol. The van der Waals surface area contributed by atoms with Gasteiger partial charge in [0.25, 0.3) is 5.91 Å². The first-order chi connectivity index (χ1) is 8.53. The first-order valence-electron chi connectivity index (χ1n) is 5.44. The molecule has 8 heteroatoms. The topological polar surface area (TPSA) is 105 Å². The second-order valence-electron chi connectivity index (χ2n) is 4.01. The number of pyridine rings is 1. The normalized spacial score (nSPS) is 18.4. The van der Waals surface area contributed by atoms with Gasteiger partial charge in [0.05, 0.1) is 29.0 Å². The Balaban J connectivity index is 2.17. The summed E-state index contributed by atoms with van der Waals surface area (Å²) < 4.78 is 22.6. The summed E-state index contributed by atoms with van der Waals surface area (Å²) >= 11 is 0. The highest BCUT2D eigenvalue weighted by Gasteiger charge is 2.26. The number of hydrogen-bond acceptors (Lipinski definition) is 6. The Hall–Kier alpha value is -1.67. The van der Waals surface area contributed by atoms with E-state index in [1.54, 1.807) is 6.07 Å². The van der Waals surface area contributed by atoms with E-state index in [0.29, 0.717) is 11.3 Å². The molecular weight excluding hydrogens is 256 g/mol. The Bertz CT molecular complexity index is 544. The van der Waals surface area contributed by atoms with Crippen molar-refractivity contribution >= 4 is 21.4 Å². The number of nitrogens with two attached hydrogens (primary N) is 1. The number of hydrazine groups is 1. The summed E-state index contributed by atoms with van der Waals surface area (Å²) in [6.07, 6.45) is 2.95. The number of carbonyl (C=O) groups excluding carboxylic acids is 1. The van der Waals surface area contributed by atoms with Crippen LogP contribution in [0.2, 0.25) is 0 Å². The van der Waals surface area contributed by atoms with Gasteiger partial charge in [0, 0.05) is 19.3 Å². The molecule has 1 aliphatic heterocycles. The molecular formula is C10H14N4O3S. The molecule has 0 aromatic carbocycles. The van der Waals surface area contributed by atoms with Crippen molar-refractivity contribution in [2.24, 2.45) is 5.84 Å². The number of nitrogens with zero attached hydrogens (tertiary/aromatic N) is 2. The first-order valence-corrected chi connectivity index (χ1v) is 7.26. The Morgan fingerprint density at radius 3 is 2.67 bits per heavy atom. The lowest BCUT2D eigenvalue weighted by Crippen LogP contribution is -2.44. The molecule has 1 aromatic heterocycles. The van der Waals surface area contributed by atoms with E-state index in [1.165, 1.54) is 17.3 Å². The van der Waals surface area contributed by atoms with Crippen LogP contribution in [0.4, 0.5) is 5.69 Å². The second kappa shape index (κ2) is 4.91. The molecule has 0 atom stereocenters. The van der Waals surface area contributed by atoms with Crippen LogP contribution >= 0.6 is 0 Å². The number of anilines is 1. The maximum absolute atomic E-state index is 12.2. The summed E-state index contributed by atoms with van der Waals surface area (Å²) in [4.78, 5) is 17.6. The first kappa shape index (κ1) is 12.8. The van der Waals surface area contributed by atoms with E-state index in [4.69, 9.17) is 5.84 Å². The van der Waals surface area contributed by atoms with Crippen LogP contribution in [-0.4, -0.2) is 48.8 Å². The molecule has 1 aliphatic rings. The molecule has 2 heterocycles. The average molecular weight is 270 g/mol. The van der Waals surface area contributed by atoms with Crippen LogP contribution in [0, 0.1) is 0 Å². The third kappa shape index (κ3) is 2.59. The van der Waals surface area contributed by atoms with E-state index in [2.05, 4.69) is 10.4 Å². The lowest BCUT2D eigenvalue weighted by Gasteiger charge is -2.27. The lowest BCUT2D eigenvalue weighted by molar-refractivity contribution is 0.0771. The number of nitrogens with one attached hydrogen (secondary N) is 1. The van der Waals surface area contributed by atoms with Crippen molar-refractivity contribution in [2.45, 2.75) is 0 Å². The Morgan fingerprint density at radius 2 is 2.06 bits per heavy atom. The van der Waals surface area contributed by atoms with Crippen LogP contribution in [0.1, 0.15) is 10.4 Å².